The lowest BCUT2D eigenvalue weighted by atomic mass is 9.91. The van der Waals surface area contributed by atoms with Gasteiger partial charge in [-0.25, -0.2) is 29.9 Å². The van der Waals surface area contributed by atoms with E-state index in [9.17, 15) is 0 Å². The normalized spacial score (nSPS) is 11.3. The zero-order valence-corrected chi connectivity index (χ0v) is 55.9. The molecule has 103 heavy (non-hydrogen) atoms. The first kappa shape index (κ1) is 61.5. The molecule has 7 nitrogen and oxygen atoms in total. The fraction of sp³-hybridized carbons (Fsp3) is 0. The summed E-state index contributed by atoms with van der Waals surface area (Å²) >= 11 is 0. The maximum atomic E-state index is 6.55. The van der Waals surface area contributed by atoms with Gasteiger partial charge in [0.15, 0.2) is 34.9 Å². The Labute approximate surface area is 597 Å². The van der Waals surface area contributed by atoms with Crippen LogP contribution in [0.1, 0.15) is 0 Å². The van der Waals surface area contributed by atoms with Crippen molar-refractivity contribution < 1.29 is 4.42 Å². The van der Waals surface area contributed by atoms with Gasteiger partial charge < -0.3 is 4.42 Å². The molecule has 18 aromatic rings. The lowest BCUT2D eigenvalue weighted by molar-refractivity contribution is 0.669. The quantitative estimate of drug-likeness (QED) is 0.101. The highest BCUT2D eigenvalue weighted by atomic mass is 16.3. The molecule has 0 aliphatic rings. The minimum absolute atomic E-state index is 0.561. The second-order valence-electron chi connectivity index (χ2n) is 25.8. The smallest absolute Gasteiger partial charge is 0.164 e. The molecular formula is C96H62N6O. The average molecular weight is 1320 g/mol. The van der Waals surface area contributed by atoms with Crippen molar-refractivity contribution in [2.24, 2.45) is 0 Å². The first-order valence-electron chi connectivity index (χ1n) is 34.6. The first-order valence-corrected chi connectivity index (χ1v) is 34.6. The fourth-order valence-electron chi connectivity index (χ4n) is 13.8. The van der Waals surface area contributed by atoms with Gasteiger partial charge in [-0.3, -0.25) is 0 Å². The fourth-order valence-corrected chi connectivity index (χ4v) is 13.8. The summed E-state index contributed by atoms with van der Waals surface area (Å²) < 4.78 is 6.55. The molecule has 0 atom stereocenters. The number of fused-ring (bicyclic) bond motifs is 3. The standard InChI is InChI=1S/C96H62N6O/c1-5-16-63(17-6-1)67-28-30-71(31-29-67)73-42-52-79(53-43-73)91-97-92(100-95(99-91)83-25-15-24-81(60-83)75-34-32-68(33-35-75)64-18-7-2-8-19-64)80-54-44-74(45-55-80)72-36-46-76(47-37-72)85-58-57-84(61-88(85)82-56-59-87-86-26-13-14-27-89(86)103-90(87)62-82)96-101-93(77-48-38-69(39-49-77)65-20-9-3-10-21-65)98-94(102-96)78-50-40-70(41-51-78)66-22-11-4-12-23-66/h1-62H. The van der Waals surface area contributed by atoms with E-state index in [1.165, 1.54) is 22.3 Å². The lowest BCUT2D eigenvalue weighted by Gasteiger charge is -2.15. The van der Waals surface area contributed by atoms with Crippen LogP contribution in [0.2, 0.25) is 0 Å². The van der Waals surface area contributed by atoms with E-state index >= 15 is 0 Å². The summed E-state index contributed by atoms with van der Waals surface area (Å²) in [4.78, 5) is 31.4. The maximum Gasteiger partial charge on any atom is 0.164 e. The Morgan fingerprint density at radius 2 is 0.388 bits per heavy atom. The van der Waals surface area contributed by atoms with Gasteiger partial charge >= 0.3 is 0 Å². The van der Waals surface area contributed by atoms with Crippen LogP contribution in [0.25, 0.3) is 190 Å². The van der Waals surface area contributed by atoms with Crippen molar-refractivity contribution in [2.45, 2.75) is 0 Å². The molecule has 0 saturated heterocycles. The van der Waals surface area contributed by atoms with E-state index in [1.807, 2.05) is 36.4 Å². The summed E-state index contributed by atoms with van der Waals surface area (Å²) in [6, 6.07) is 132. The molecular weight excluding hydrogens is 1250 g/mol. The maximum absolute atomic E-state index is 6.55. The van der Waals surface area contributed by atoms with Gasteiger partial charge in [0, 0.05) is 44.2 Å². The third kappa shape index (κ3) is 12.7. The second-order valence-corrected chi connectivity index (χ2v) is 25.8. The van der Waals surface area contributed by atoms with Crippen molar-refractivity contribution in [2.75, 3.05) is 0 Å². The summed E-state index contributed by atoms with van der Waals surface area (Å²) in [6.45, 7) is 0. The molecule has 0 radical (unpaired) electrons. The van der Waals surface area contributed by atoms with E-state index < -0.39 is 0 Å². The van der Waals surface area contributed by atoms with Crippen LogP contribution in [0.5, 0.6) is 0 Å². The number of aromatic nitrogens is 6. The summed E-state index contributed by atoms with van der Waals surface area (Å²) in [5.41, 5.74) is 26.8. The second kappa shape index (κ2) is 27.1. The predicted molar refractivity (Wildman–Crippen MR) is 422 cm³/mol. The van der Waals surface area contributed by atoms with Gasteiger partial charge in [0.1, 0.15) is 11.2 Å². The Bertz CT molecular complexity index is 5970. The SMILES string of the molecule is c1ccc(-c2ccc(-c3ccc(-c4nc(-c5ccc(-c6ccc(-c7ccc(-c8nc(-c9ccc(-c%10ccccc%10)cc9)nc(-c9ccc(-c%10ccccc%10)cc9)n8)cc7-c7ccc8c(c7)oc7ccccc78)cc6)cc5)nc(-c5cccc(-c6ccc(-c7ccccc7)cc6)c5)n4)cc3)cc2)cc1. The Morgan fingerprint density at radius 3 is 0.767 bits per heavy atom. The van der Waals surface area contributed by atoms with Crippen LogP contribution in [-0.2, 0) is 0 Å². The topological polar surface area (TPSA) is 90.5 Å². The molecule has 0 aliphatic heterocycles. The van der Waals surface area contributed by atoms with Crippen molar-refractivity contribution in [1.82, 2.24) is 29.9 Å². The Balaban J connectivity index is 0.687. The first-order chi connectivity index (χ1) is 51.0. The Kier molecular flexibility index (Phi) is 16.2. The van der Waals surface area contributed by atoms with Crippen molar-refractivity contribution in [3.05, 3.63) is 376 Å². The molecule has 15 aromatic carbocycles. The van der Waals surface area contributed by atoms with Crippen LogP contribution in [0.3, 0.4) is 0 Å². The molecule has 3 aromatic heterocycles. The van der Waals surface area contributed by atoms with Crippen molar-refractivity contribution >= 4 is 21.9 Å². The summed E-state index contributed by atoms with van der Waals surface area (Å²) in [5, 5.41) is 2.14. The molecule has 482 valence electrons. The zero-order chi connectivity index (χ0) is 68.4. The Morgan fingerprint density at radius 1 is 0.136 bits per heavy atom. The minimum Gasteiger partial charge on any atom is -0.456 e. The van der Waals surface area contributed by atoms with Gasteiger partial charge in [0.2, 0.25) is 0 Å². The monoisotopic (exact) mass is 1310 g/mol. The van der Waals surface area contributed by atoms with Crippen molar-refractivity contribution in [3.8, 4) is 168 Å². The van der Waals surface area contributed by atoms with Crippen molar-refractivity contribution in [1.29, 1.82) is 0 Å². The molecule has 0 saturated carbocycles. The largest absolute Gasteiger partial charge is 0.456 e. The third-order valence-electron chi connectivity index (χ3n) is 19.3. The predicted octanol–water partition coefficient (Wildman–Crippen LogP) is 25.0. The summed E-state index contributed by atoms with van der Waals surface area (Å²) in [7, 11) is 0. The van der Waals surface area contributed by atoms with E-state index in [-0.39, 0.29) is 0 Å². The number of rotatable bonds is 15. The average Bonchev–Trinajstić information content (AvgIpc) is 1.54. The number of nitrogens with zero attached hydrogens (tertiary/aromatic N) is 6. The van der Waals surface area contributed by atoms with Crippen molar-refractivity contribution in [3.63, 3.8) is 0 Å². The number of para-hydroxylation sites is 1. The van der Waals surface area contributed by atoms with Crippen LogP contribution in [0.15, 0.2) is 381 Å². The van der Waals surface area contributed by atoms with Crippen LogP contribution < -0.4 is 0 Å². The van der Waals surface area contributed by atoms with Gasteiger partial charge in [0.25, 0.3) is 0 Å². The molecule has 0 unspecified atom stereocenters. The van der Waals surface area contributed by atoms with Crippen LogP contribution in [0, 0.1) is 0 Å². The number of hydrogen-bond donors (Lipinski definition) is 0. The number of hydrogen-bond acceptors (Lipinski definition) is 7. The van der Waals surface area contributed by atoms with E-state index in [2.05, 4.69) is 340 Å². The van der Waals surface area contributed by atoms with E-state index in [1.54, 1.807) is 0 Å². The molecule has 0 spiro atoms. The lowest BCUT2D eigenvalue weighted by Crippen LogP contribution is -2.00. The van der Waals surface area contributed by atoms with Gasteiger partial charge in [-0.05, 0) is 130 Å². The van der Waals surface area contributed by atoms with Gasteiger partial charge in [-0.1, -0.05) is 346 Å². The molecule has 0 aliphatic carbocycles. The molecule has 18 rings (SSSR count). The minimum atomic E-state index is 0.561. The van der Waals surface area contributed by atoms with Gasteiger partial charge in [0.05, 0.1) is 0 Å². The molecule has 0 amide bonds. The Hall–Kier alpha value is -13.9. The molecule has 0 N–H and O–H groups in total. The third-order valence-corrected chi connectivity index (χ3v) is 19.3. The highest BCUT2D eigenvalue weighted by molar-refractivity contribution is 6.06. The van der Waals surface area contributed by atoms with E-state index in [0.717, 1.165) is 133 Å². The molecule has 0 fully saturated rings. The highest BCUT2D eigenvalue weighted by Gasteiger charge is 2.20. The summed E-state index contributed by atoms with van der Waals surface area (Å²) in [6.07, 6.45) is 0. The number of furan rings is 1. The molecule has 7 heteroatoms. The van der Waals surface area contributed by atoms with Gasteiger partial charge in [-0.2, -0.15) is 0 Å². The summed E-state index contributed by atoms with van der Waals surface area (Å²) in [5.74, 6) is 3.48. The zero-order valence-electron chi connectivity index (χ0n) is 55.9. The number of benzene rings is 15. The van der Waals surface area contributed by atoms with Crippen LogP contribution in [-0.4, -0.2) is 29.9 Å². The van der Waals surface area contributed by atoms with Crippen LogP contribution >= 0.6 is 0 Å². The molecule has 0 bridgehead atoms. The van der Waals surface area contributed by atoms with E-state index in [4.69, 9.17) is 34.3 Å². The van der Waals surface area contributed by atoms with Crippen LogP contribution in [0.4, 0.5) is 0 Å². The highest BCUT2D eigenvalue weighted by Crippen LogP contribution is 2.41. The van der Waals surface area contributed by atoms with E-state index in [0.29, 0.717) is 34.9 Å². The molecule has 3 heterocycles. The van der Waals surface area contributed by atoms with Gasteiger partial charge in [-0.15, -0.1) is 0 Å².